The third kappa shape index (κ3) is 3.29. The van der Waals surface area contributed by atoms with Gasteiger partial charge in [0.1, 0.15) is 0 Å². The van der Waals surface area contributed by atoms with Crippen LogP contribution >= 0.6 is 34.8 Å². The quantitative estimate of drug-likeness (QED) is 0.659. The lowest BCUT2D eigenvalue weighted by molar-refractivity contribution is 0.499. The van der Waals surface area contributed by atoms with Gasteiger partial charge < -0.3 is 0 Å². The Balaban J connectivity index is 2.96. The van der Waals surface area contributed by atoms with Crippen molar-refractivity contribution in [2.75, 3.05) is 0 Å². The van der Waals surface area contributed by atoms with Crippen molar-refractivity contribution < 1.29 is 8.78 Å². The zero-order valence-corrected chi connectivity index (χ0v) is 8.60. The van der Waals surface area contributed by atoms with Gasteiger partial charge in [-0.3, -0.25) is 0 Å². The average Bonchev–Trinajstić information content (AvgIpc) is 1.96. The van der Waals surface area contributed by atoms with Gasteiger partial charge in [-0.15, -0.1) is 0 Å². The fraction of sp³-hybridized carbons (Fsp3) is 0.250. The second kappa shape index (κ2) is 3.99. The van der Waals surface area contributed by atoms with Crippen molar-refractivity contribution in [3.8, 4) is 0 Å². The van der Waals surface area contributed by atoms with Gasteiger partial charge in [-0.05, 0) is 11.6 Å². The number of benzene rings is 1. The smallest absolute Gasteiger partial charge is 0.194 e. The molecule has 0 saturated carbocycles. The van der Waals surface area contributed by atoms with E-state index in [-0.39, 0.29) is 12.0 Å². The number of hydrogen-bond acceptors (Lipinski definition) is 0. The molecule has 0 unspecified atom stereocenters. The Morgan fingerprint density at radius 3 is 2.31 bits per heavy atom. The second-order valence-electron chi connectivity index (χ2n) is 2.50. The summed E-state index contributed by atoms with van der Waals surface area (Å²) in [6.07, 6.45) is -0.152. The minimum absolute atomic E-state index is 0.0556. The summed E-state index contributed by atoms with van der Waals surface area (Å²) < 4.78 is 24.0. The molecule has 0 nitrogen and oxygen atoms in total. The Labute approximate surface area is 89.4 Å². The van der Waals surface area contributed by atoms with Gasteiger partial charge in [0.2, 0.25) is 0 Å². The van der Waals surface area contributed by atoms with Crippen molar-refractivity contribution in [2.45, 2.75) is 10.2 Å². The summed E-state index contributed by atoms with van der Waals surface area (Å²) in [5.74, 6) is -1.90. The van der Waals surface area contributed by atoms with Gasteiger partial charge >= 0.3 is 0 Å². The molecular weight excluding hydrogens is 240 g/mol. The van der Waals surface area contributed by atoms with Gasteiger partial charge in [-0.2, -0.15) is 0 Å². The van der Waals surface area contributed by atoms with E-state index in [0.29, 0.717) is 0 Å². The normalized spacial score (nSPS) is 11.8. The van der Waals surface area contributed by atoms with E-state index in [1.807, 2.05) is 0 Å². The molecule has 13 heavy (non-hydrogen) atoms. The van der Waals surface area contributed by atoms with Crippen molar-refractivity contribution in [3.63, 3.8) is 0 Å². The minimum Gasteiger partial charge on any atom is -0.204 e. The summed E-state index contributed by atoms with van der Waals surface area (Å²) in [7, 11) is 0. The highest BCUT2D eigenvalue weighted by atomic mass is 35.6. The SMILES string of the molecule is Fc1cccc(CC(Cl)(Cl)Cl)c1F. The summed E-state index contributed by atoms with van der Waals surface area (Å²) in [6, 6.07) is 3.75. The highest BCUT2D eigenvalue weighted by Gasteiger charge is 2.22. The first-order valence-corrected chi connectivity index (χ1v) is 4.53. The van der Waals surface area contributed by atoms with E-state index in [4.69, 9.17) is 34.8 Å². The monoisotopic (exact) mass is 244 g/mol. The molecule has 72 valence electrons. The highest BCUT2D eigenvalue weighted by molar-refractivity contribution is 6.67. The van der Waals surface area contributed by atoms with Crippen LogP contribution in [0.5, 0.6) is 0 Å². The fourth-order valence-electron chi connectivity index (χ4n) is 0.901. The third-order valence-electron chi connectivity index (χ3n) is 1.42. The lowest BCUT2D eigenvalue weighted by Gasteiger charge is -2.11. The lowest BCUT2D eigenvalue weighted by Crippen LogP contribution is -2.09. The average molecular weight is 245 g/mol. The summed E-state index contributed by atoms with van der Waals surface area (Å²) >= 11 is 16.3. The van der Waals surface area contributed by atoms with Crippen LogP contribution in [-0.4, -0.2) is 3.79 Å². The topological polar surface area (TPSA) is 0 Å². The Hall–Kier alpha value is -0.0500. The van der Waals surface area contributed by atoms with E-state index in [0.717, 1.165) is 6.07 Å². The Kier molecular flexibility index (Phi) is 3.38. The Bertz CT molecular complexity index is 307. The molecule has 5 heteroatoms. The largest absolute Gasteiger partial charge is 0.204 e. The molecule has 0 atom stereocenters. The van der Waals surface area contributed by atoms with E-state index < -0.39 is 15.4 Å². The standard InChI is InChI=1S/C8H5Cl3F2/c9-8(10,11)4-5-2-1-3-6(12)7(5)13/h1-3H,4H2. The van der Waals surface area contributed by atoms with Crippen LogP contribution in [0.4, 0.5) is 8.78 Å². The molecule has 0 N–H and O–H groups in total. The van der Waals surface area contributed by atoms with E-state index in [1.54, 1.807) is 0 Å². The van der Waals surface area contributed by atoms with Gasteiger partial charge in [0.25, 0.3) is 0 Å². The maximum atomic E-state index is 13.0. The lowest BCUT2D eigenvalue weighted by atomic mass is 10.1. The predicted octanol–water partition coefficient (Wildman–Crippen LogP) is 3.88. The van der Waals surface area contributed by atoms with Crippen molar-refractivity contribution in [3.05, 3.63) is 35.4 Å². The van der Waals surface area contributed by atoms with Gasteiger partial charge in [0.05, 0.1) is 0 Å². The van der Waals surface area contributed by atoms with Crippen LogP contribution < -0.4 is 0 Å². The van der Waals surface area contributed by atoms with Gasteiger partial charge in [0.15, 0.2) is 15.4 Å². The molecule has 0 amide bonds. The molecule has 0 aliphatic carbocycles. The number of rotatable bonds is 1. The zero-order chi connectivity index (χ0) is 10.1. The highest BCUT2D eigenvalue weighted by Crippen LogP contribution is 2.31. The summed E-state index contributed by atoms with van der Waals surface area (Å²) in [5, 5.41) is 0. The minimum atomic E-state index is -1.60. The van der Waals surface area contributed by atoms with Crippen molar-refractivity contribution in [2.24, 2.45) is 0 Å². The van der Waals surface area contributed by atoms with Crippen LogP contribution in [0.25, 0.3) is 0 Å². The van der Waals surface area contributed by atoms with Crippen LogP contribution in [0.2, 0.25) is 0 Å². The Morgan fingerprint density at radius 1 is 1.15 bits per heavy atom. The van der Waals surface area contributed by atoms with Crippen LogP contribution in [-0.2, 0) is 6.42 Å². The number of hydrogen-bond donors (Lipinski definition) is 0. The van der Waals surface area contributed by atoms with E-state index in [1.165, 1.54) is 12.1 Å². The third-order valence-corrected chi connectivity index (χ3v) is 1.82. The first kappa shape index (κ1) is 11.0. The van der Waals surface area contributed by atoms with E-state index in [9.17, 15) is 8.78 Å². The first-order valence-electron chi connectivity index (χ1n) is 3.40. The molecule has 0 aromatic heterocycles. The van der Waals surface area contributed by atoms with Gasteiger partial charge in [0, 0.05) is 6.42 Å². The zero-order valence-electron chi connectivity index (χ0n) is 6.33. The fourth-order valence-corrected chi connectivity index (χ4v) is 1.33. The maximum Gasteiger partial charge on any atom is 0.194 e. The summed E-state index contributed by atoms with van der Waals surface area (Å²) in [5.41, 5.74) is 0.0556. The molecule has 1 rings (SSSR count). The molecule has 0 fully saturated rings. The molecule has 0 radical (unpaired) electrons. The molecule has 1 aromatic carbocycles. The molecule has 0 bridgehead atoms. The van der Waals surface area contributed by atoms with Crippen molar-refractivity contribution >= 4 is 34.8 Å². The van der Waals surface area contributed by atoms with Crippen LogP contribution in [0, 0.1) is 11.6 Å². The summed E-state index contributed by atoms with van der Waals surface area (Å²) in [6.45, 7) is 0. The molecule has 0 spiro atoms. The number of alkyl halides is 3. The molecule has 0 saturated heterocycles. The summed E-state index contributed by atoms with van der Waals surface area (Å²) in [4.78, 5) is 0. The van der Waals surface area contributed by atoms with Crippen molar-refractivity contribution in [1.29, 1.82) is 0 Å². The second-order valence-corrected chi connectivity index (χ2v) is 5.02. The molecule has 0 heterocycles. The molecular formula is C8H5Cl3F2. The molecule has 0 aliphatic rings. The predicted molar refractivity (Wildman–Crippen MR) is 50.4 cm³/mol. The van der Waals surface area contributed by atoms with Crippen LogP contribution in [0.1, 0.15) is 5.56 Å². The van der Waals surface area contributed by atoms with Gasteiger partial charge in [-0.1, -0.05) is 46.9 Å². The first-order chi connectivity index (χ1) is 5.90. The van der Waals surface area contributed by atoms with Gasteiger partial charge in [-0.25, -0.2) is 8.78 Å². The van der Waals surface area contributed by atoms with Crippen molar-refractivity contribution in [1.82, 2.24) is 0 Å². The van der Waals surface area contributed by atoms with E-state index >= 15 is 0 Å². The van der Waals surface area contributed by atoms with Crippen LogP contribution in [0.3, 0.4) is 0 Å². The molecule has 0 aliphatic heterocycles. The maximum absolute atomic E-state index is 13.0. The Morgan fingerprint density at radius 2 is 1.77 bits per heavy atom. The number of halogens is 5. The molecule has 1 aromatic rings. The van der Waals surface area contributed by atoms with E-state index in [2.05, 4.69) is 0 Å². The van der Waals surface area contributed by atoms with Crippen LogP contribution in [0.15, 0.2) is 18.2 Å².